The Morgan fingerprint density at radius 3 is 2.87 bits per heavy atom. The highest BCUT2D eigenvalue weighted by Crippen LogP contribution is 2.30. The second-order valence-corrected chi connectivity index (χ2v) is 3.04. The Morgan fingerprint density at radius 2 is 2.40 bits per heavy atom. The van der Waals surface area contributed by atoms with Gasteiger partial charge in [-0.1, -0.05) is 5.11 Å². The monoisotopic (exact) mass is 211 g/mol. The molecule has 1 aromatic rings. The van der Waals surface area contributed by atoms with Crippen LogP contribution in [0, 0.1) is 6.92 Å². The fourth-order valence-electron chi connectivity index (χ4n) is 1.53. The predicted molar refractivity (Wildman–Crippen MR) is 53.5 cm³/mol. The molecule has 7 nitrogen and oxygen atoms in total. The van der Waals surface area contributed by atoms with Crippen molar-refractivity contribution in [2.75, 3.05) is 13.7 Å². The molecule has 7 heteroatoms. The molecule has 0 saturated heterocycles. The standard InChI is InChI=1S/C8H13N5O2/c1-5-7(6(4-14)10-12-9)8(15-3)13(2)11-5/h6,14H,4H2,1-3H3. The van der Waals surface area contributed by atoms with Crippen LogP contribution in [0.1, 0.15) is 17.3 Å². The van der Waals surface area contributed by atoms with E-state index in [2.05, 4.69) is 15.1 Å². The second kappa shape index (κ2) is 4.68. The molecule has 0 aromatic carbocycles. The maximum atomic E-state index is 9.11. The molecule has 1 N–H and O–H groups in total. The van der Waals surface area contributed by atoms with Crippen molar-refractivity contribution in [2.45, 2.75) is 13.0 Å². The van der Waals surface area contributed by atoms with Gasteiger partial charge in [0.2, 0.25) is 5.88 Å². The van der Waals surface area contributed by atoms with Crippen LogP contribution in [0.5, 0.6) is 5.88 Å². The average molecular weight is 211 g/mol. The zero-order valence-corrected chi connectivity index (χ0v) is 8.88. The van der Waals surface area contributed by atoms with E-state index in [-0.39, 0.29) is 6.61 Å². The molecule has 0 aliphatic carbocycles. The third-order valence-corrected chi connectivity index (χ3v) is 2.10. The molecule has 0 spiro atoms. The summed E-state index contributed by atoms with van der Waals surface area (Å²) in [5, 5.41) is 16.7. The molecule has 1 atom stereocenters. The number of ether oxygens (including phenoxy) is 1. The molecule has 1 heterocycles. The highest BCUT2D eigenvalue weighted by Gasteiger charge is 2.21. The Hall–Kier alpha value is -1.72. The molecule has 0 aliphatic heterocycles. The maximum Gasteiger partial charge on any atom is 0.215 e. The molecule has 1 unspecified atom stereocenters. The van der Waals surface area contributed by atoms with Gasteiger partial charge in [-0.25, -0.2) is 4.68 Å². The van der Waals surface area contributed by atoms with Gasteiger partial charge in [-0.3, -0.25) is 0 Å². The number of aliphatic hydroxyl groups is 1. The first-order valence-corrected chi connectivity index (χ1v) is 4.38. The van der Waals surface area contributed by atoms with Gasteiger partial charge in [-0.05, 0) is 12.5 Å². The van der Waals surface area contributed by atoms with Crippen LogP contribution in [0.15, 0.2) is 5.11 Å². The van der Waals surface area contributed by atoms with E-state index in [4.69, 9.17) is 15.4 Å². The topological polar surface area (TPSA) is 96.0 Å². The van der Waals surface area contributed by atoms with Gasteiger partial charge >= 0.3 is 0 Å². The molecule has 0 bridgehead atoms. The lowest BCUT2D eigenvalue weighted by Crippen LogP contribution is -2.04. The molecule has 0 radical (unpaired) electrons. The van der Waals surface area contributed by atoms with E-state index < -0.39 is 6.04 Å². The second-order valence-electron chi connectivity index (χ2n) is 3.04. The van der Waals surface area contributed by atoms with Crippen LogP contribution in [-0.4, -0.2) is 28.6 Å². The zero-order chi connectivity index (χ0) is 11.4. The largest absolute Gasteiger partial charge is 0.481 e. The average Bonchev–Trinajstić information content (AvgIpc) is 2.49. The Morgan fingerprint density at radius 1 is 1.73 bits per heavy atom. The maximum absolute atomic E-state index is 9.11. The van der Waals surface area contributed by atoms with Crippen molar-refractivity contribution in [3.8, 4) is 5.88 Å². The van der Waals surface area contributed by atoms with Gasteiger partial charge in [0, 0.05) is 17.5 Å². The van der Waals surface area contributed by atoms with Crippen molar-refractivity contribution in [3.05, 3.63) is 21.7 Å². The summed E-state index contributed by atoms with van der Waals surface area (Å²) in [6.07, 6.45) is 0. The first-order valence-electron chi connectivity index (χ1n) is 4.38. The lowest BCUT2D eigenvalue weighted by Gasteiger charge is -2.09. The van der Waals surface area contributed by atoms with Crippen LogP contribution < -0.4 is 4.74 Å². The fraction of sp³-hybridized carbons (Fsp3) is 0.625. The van der Waals surface area contributed by atoms with Gasteiger partial charge in [0.05, 0.1) is 25.5 Å². The first-order chi connectivity index (χ1) is 7.15. The minimum atomic E-state index is -0.654. The molecule has 0 saturated carbocycles. The summed E-state index contributed by atoms with van der Waals surface area (Å²) in [5.74, 6) is 0.499. The lowest BCUT2D eigenvalue weighted by atomic mass is 10.1. The van der Waals surface area contributed by atoms with Crippen molar-refractivity contribution in [1.82, 2.24) is 9.78 Å². The number of methoxy groups -OCH3 is 1. The molecular formula is C8H13N5O2. The molecule has 0 fully saturated rings. The first kappa shape index (κ1) is 11.4. The van der Waals surface area contributed by atoms with Crippen LogP contribution in [0.2, 0.25) is 0 Å². The summed E-state index contributed by atoms with van der Waals surface area (Å²) < 4.78 is 6.67. The molecule has 0 aliphatic rings. The SMILES string of the molecule is COc1c(C(CO)N=[N+]=[N-])c(C)nn1C. The summed E-state index contributed by atoms with van der Waals surface area (Å²) in [6, 6.07) is -0.654. The zero-order valence-electron chi connectivity index (χ0n) is 8.88. The van der Waals surface area contributed by atoms with E-state index in [1.165, 1.54) is 7.11 Å². The molecule has 15 heavy (non-hydrogen) atoms. The van der Waals surface area contributed by atoms with Crippen molar-refractivity contribution >= 4 is 0 Å². The molecule has 1 aromatic heterocycles. The Bertz CT molecular complexity index is 394. The molecule has 0 amide bonds. The van der Waals surface area contributed by atoms with Crippen molar-refractivity contribution < 1.29 is 9.84 Å². The van der Waals surface area contributed by atoms with Gasteiger partial charge in [-0.2, -0.15) is 5.10 Å². The highest BCUT2D eigenvalue weighted by atomic mass is 16.5. The van der Waals surface area contributed by atoms with Crippen LogP contribution in [0.4, 0.5) is 0 Å². The number of aromatic nitrogens is 2. The van der Waals surface area contributed by atoms with Crippen LogP contribution in [0.3, 0.4) is 0 Å². The number of azide groups is 1. The minimum Gasteiger partial charge on any atom is -0.481 e. The smallest absolute Gasteiger partial charge is 0.215 e. The third kappa shape index (κ3) is 2.03. The van der Waals surface area contributed by atoms with Crippen LogP contribution >= 0.6 is 0 Å². The summed E-state index contributed by atoms with van der Waals surface area (Å²) in [4.78, 5) is 2.68. The van der Waals surface area contributed by atoms with Gasteiger partial charge < -0.3 is 9.84 Å². The van der Waals surface area contributed by atoms with E-state index in [1.807, 2.05) is 0 Å². The van der Waals surface area contributed by atoms with Gasteiger partial charge in [0.1, 0.15) is 0 Å². The molecule has 1 rings (SSSR count). The lowest BCUT2D eigenvalue weighted by molar-refractivity contribution is 0.263. The van der Waals surface area contributed by atoms with E-state index in [9.17, 15) is 0 Å². The number of aliphatic hydroxyl groups excluding tert-OH is 1. The van der Waals surface area contributed by atoms with Gasteiger partial charge in [0.25, 0.3) is 0 Å². The third-order valence-electron chi connectivity index (χ3n) is 2.10. The minimum absolute atomic E-state index is 0.271. The van der Waals surface area contributed by atoms with Gasteiger partial charge in [0.15, 0.2) is 0 Å². The van der Waals surface area contributed by atoms with Crippen LogP contribution in [-0.2, 0) is 7.05 Å². The Labute approximate surface area is 86.9 Å². The quantitative estimate of drug-likeness (QED) is 0.458. The predicted octanol–water partition coefficient (Wildman–Crippen LogP) is 1.08. The van der Waals surface area contributed by atoms with Crippen molar-refractivity contribution in [1.29, 1.82) is 0 Å². The van der Waals surface area contributed by atoms with Crippen LogP contribution in [0.25, 0.3) is 10.4 Å². The Balaban J connectivity index is 3.26. The van der Waals surface area contributed by atoms with Crippen molar-refractivity contribution in [2.24, 2.45) is 12.2 Å². The van der Waals surface area contributed by atoms with E-state index in [0.29, 0.717) is 17.1 Å². The highest BCUT2D eigenvalue weighted by molar-refractivity contribution is 5.34. The number of aryl methyl sites for hydroxylation is 2. The number of hydrogen-bond donors (Lipinski definition) is 1. The normalized spacial score (nSPS) is 12.0. The van der Waals surface area contributed by atoms with Gasteiger partial charge in [-0.15, -0.1) is 0 Å². The number of nitrogens with zero attached hydrogens (tertiary/aromatic N) is 5. The summed E-state index contributed by atoms with van der Waals surface area (Å²) >= 11 is 0. The number of rotatable bonds is 4. The Kier molecular flexibility index (Phi) is 3.54. The number of hydrogen-bond acceptors (Lipinski definition) is 4. The molecular weight excluding hydrogens is 198 g/mol. The van der Waals surface area contributed by atoms with E-state index in [1.54, 1.807) is 18.7 Å². The summed E-state index contributed by atoms with van der Waals surface area (Å²) in [5.41, 5.74) is 9.68. The molecule has 82 valence electrons. The summed E-state index contributed by atoms with van der Waals surface area (Å²) in [6.45, 7) is 1.50. The van der Waals surface area contributed by atoms with E-state index >= 15 is 0 Å². The van der Waals surface area contributed by atoms with E-state index in [0.717, 1.165) is 0 Å². The van der Waals surface area contributed by atoms with Crippen molar-refractivity contribution in [3.63, 3.8) is 0 Å². The summed E-state index contributed by atoms with van der Waals surface area (Å²) in [7, 11) is 3.23. The fourth-order valence-corrected chi connectivity index (χ4v) is 1.53.